The van der Waals surface area contributed by atoms with Crippen molar-refractivity contribution in [2.45, 2.75) is 30.8 Å². The zero-order valence-corrected chi connectivity index (χ0v) is 24.9. The Hall–Kier alpha value is -4.12. The molecule has 4 aliphatic rings. The number of furan rings is 1. The summed E-state index contributed by atoms with van der Waals surface area (Å²) in [4.78, 5) is 55.3. The number of nitrogens with one attached hydrogen (secondary N) is 2. The smallest absolute Gasteiger partial charge is 0.260 e. The lowest BCUT2D eigenvalue weighted by atomic mass is 9.50. The van der Waals surface area contributed by atoms with Crippen molar-refractivity contribution in [2.24, 2.45) is 23.7 Å². The van der Waals surface area contributed by atoms with Crippen LogP contribution in [0.4, 0.5) is 5.69 Å². The molecule has 6 atom stereocenters. The summed E-state index contributed by atoms with van der Waals surface area (Å²) in [5.41, 5.74) is 3.01. The van der Waals surface area contributed by atoms with E-state index in [4.69, 9.17) is 32.4 Å². The van der Waals surface area contributed by atoms with E-state index in [-0.39, 0.29) is 35.6 Å². The monoisotopic (exact) mass is 635 g/mol. The first-order chi connectivity index (χ1) is 21.2. The number of hydrazine groups is 1. The molecule has 1 saturated carbocycles. The fourth-order valence-electron chi connectivity index (χ4n) is 7.70. The lowest BCUT2D eigenvalue weighted by molar-refractivity contribution is -0.139. The topological polar surface area (TPSA) is 138 Å². The van der Waals surface area contributed by atoms with Crippen LogP contribution in [0.2, 0.25) is 10.0 Å². The van der Waals surface area contributed by atoms with Crippen LogP contribution in [0.3, 0.4) is 0 Å². The summed E-state index contributed by atoms with van der Waals surface area (Å²) in [5, 5.41) is 13.9. The number of hydrogen-bond donors (Lipinski definition) is 3. The summed E-state index contributed by atoms with van der Waals surface area (Å²) < 4.78 is 11.5. The number of amides is 4. The maximum absolute atomic E-state index is 15.0. The number of aliphatic hydroxyl groups is 1. The maximum atomic E-state index is 15.0. The van der Waals surface area contributed by atoms with E-state index in [0.29, 0.717) is 34.2 Å². The van der Waals surface area contributed by atoms with Crippen LogP contribution in [-0.2, 0) is 31.2 Å². The summed E-state index contributed by atoms with van der Waals surface area (Å²) in [6.45, 7) is -0.370. The van der Waals surface area contributed by atoms with E-state index < -0.39 is 46.8 Å². The van der Waals surface area contributed by atoms with E-state index in [0.717, 1.165) is 10.6 Å². The lowest BCUT2D eigenvalue weighted by Crippen LogP contribution is -2.53. The van der Waals surface area contributed by atoms with Gasteiger partial charge in [0.05, 0.1) is 41.5 Å². The fourth-order valence-corrected chi connectivity index (χ4v) is 8.15. The number of methoxy groups -OCH3 is 1. The van der Waals surface area contributed by atoms with Gasteiger partial charge in [-0.05, 0) is 66.8 Å². The number of imide groups is 2. The van der Waals surface area contributed by atoms with E-state index in [1.54, 1.807) is 48.5 Å². The Morgan fingerprint density at radius 1 is 1.05 bits per heavy atom. The Kier molecular flexibility index (Phi) is 6.84. The number of aliphatic hydroxyl groups excluding tert-OH is 1. The number of anilines is 1. The van der Waals surface area contributed by atoms with Crippen LogP contribution in [0.5, 0.6) is 5.75 Å². The highest BCUT2D eigenvalue weighted by Crippen LogP contribution is 2.64. The predicted molar refractivity (Wildman–Crippen MR) is 158 cm³/mol. The minimum atomic E-state index is -1.52. The average Bonchev–Trinajstić information content (AvgIpc) is 3.67. The molecule has 10 nitrogen and oxygen atoms in total. The normalized spacial score (nSPS) is 29.1. The number of ether oxygens (including phenoxy) is 1. The third-order valence-electron chi connectivity index (χ3n) is 9.55. The van der Waals surface area contributed by atoms with Gasteiger partial charge in [0.25, 0.3) is 11.8 Å². The molecule has 0 bridgehead atoms. The summed E-state index contributed by atoms with van der Waals surface area (Å²) >= 11 is 12.5. The SMILES string of the molecule is COc1ccc(C23C(=O)N(Nc4ccc(Cl)cc4Cl)C(=O)C2CC2C(=CCC4C(=O)NC(=O)C42)C3c2ccc(CO)o2)cc1. The van der Waals surface area contributed by atoms with Crippen LogP contribution in [0.15, 0.2) is 70.7 Å². The molecule has 3 aromatic rings. The van der Waals surface area contributed by atoms with Gasteiger partial charge >= 0.3 is 0 Å². The number of carbonyl (C=O) groups excluding carboxylic acids is 4. The van der Waals surface area contributed by atoms with Crippen LogP contribution in [0.1, 0.15) is 35.8 Å². The second-order valence-electron chi connectivity index (χ2n) is 11.5. The van der Waals surface area contributed by atoms with Gasteiger partial charge in [0.1, 0.15) is 29.3 Å². The molecular weight excluding hydrogens is 609 g/mol. The van der Waals surface area contributed by atoms with Gasteiger partial charge in [0, 0.05) is 5.02 Å². The highest BCUT2D eigenvalue weighted by molar-refractivity contribution is 6.36. The summed E-state index contributed by atoms with van der Waals surface area (Å²) in [7, 11) is 1.53. The standard InChI is InChI=1S/C32H27Cl2N3O7/c1-43-17-5-2-15(3-6-17)32-22(30(41)37(31(32)42)36-24-10-4-16(33)12-23(24)34)13-21-19(27(32)25-11-7-18(14-38)44-25)8-9-20-26(21)29(40)35-28(20)39/h2-8,10-12,20-22,26-27,36,38H,9,13-14H2,1H3,(H,35,39,40). The van der Waals surface area contributed by atoms with E-state index in [2.05, 4.69) is 10.7 Å². The van der Waals surface area contributed by atoms with Crippen LogP contribution < -0.4 is 15.5 Å². The Balaban J connectivity index is 1.46. The molecule has 2 saturated heterocycles. The molecule has 2 aliphatic heterocycles. The van der Waals surface area contributed by atoms with Gasteiger partial charge in [-0.3, -0.25) is 29.9 Å². The van der Waals surface area contributed by atoms with Crippen LogP contribution >= 0.6 is 23.2 Å². The van der Waals surface area contributed by atoms with Crippen molar-refractivity contribution >= 4 is 52.5 Å². The average molecular weight is 636 g/mol. The lowest BCUT2D eigenvalue weighted by Gasteiger charge is -2.49. The minimum Gasteiger partial charge on any atom is -0.497 e. The number of fused-ring (bicyclic) bond motifs is 4. The second kappa shape index (κ2) is 10.5. The Morgan fingerprint density at radius 3 is 2.50 bits per heavy atom. The quantitative estimate of drug-likeness (QED) is 0.268. The number of nitrogens with zero attached hydrogens (tertiary/aromatic N) is 1. The van der Waals surface area contributed by atoms with Crippen molar-refractivity contribution in [3.05, 3.63) is 93.4 Å². The number of allylic oxidation sites excluding steroid dienone is 2. The van der Waals surface area contributed by atoms with E-state index >= 15 is 0 Å². The molecule has 4 amide bonds. The summed E-state index contributed by atoms with van der Waals surface area (Å²) in [6, 6.07) is 15.0. The summed E-state index contributed by atoms with van der Waals surface area (Å²) in [5.74, 6) is -4.14. The number of benzene rings is 2. The van der Waals surface area contributed by atoms with Crippen molar-refractivity contribution < 1.29 is 33.4 Å². The maximum Gasteiger partial charge on any atom is 0.260 e. The van der Waals surface area contributed by atoms with Crippen LogP contribution in [0.25, 0.3) is 0 Å². The molecular formula is C32H27Cl2N3O7. The number of rotatable bonds is 6. The van der Waals surface area contributed by atoms with Crippen molar-refractivity contribution in [3.8, 4) is 5.75 Å². The van der Waals surface area contributed by atoms with Gasteiger partial charge in [0.2, 0.25) is 11.8 Å². The van der Waals surface area contributed by atoms with Gasteiger partial charge < -0.3 is 14.3 Å². The van der Waals surface area contributed by atoms with Crippen LogP contribution in [-0.4, -0.2) is 40.9 Å². The van der Waals surface area contributed by atoms with Crippen molar-refractivity contribution in [3.63, 3.8) is 0 Å². The molecule has 6 unspecified atom stereocenters. The third kappa shape index (κ3) is 4.04. The number of carbonyl (C=O) groups is 4. The first-order valence-corrected chi connectivity index (χ1v) is 14.9. The molecule has 0 spiro atoms. The van der Waals surface area contributed by atoms with Gasteiger partial charge in [0.15, 0.2) is 0 Å². The third-order valence-corrected chi connectivity index (χ3v) is 10.1. The van der Waals surface area contributed by atoms with E-state index in [1.165, 1.54) is 13.2 Å². The van der Waals surface area contributed by atoms with E-state index in [1.807, 2.05) is 6.08 Å². The molecule has 12 heteroatoms. The fraction of sp³-hybridized carbons (Fsp3) is 0.312. The number of halogens is 2. The summed E-state index contributed by atoms with van der Waals surface area (Å²) in [6.07, 6.45) is 2.36. The highest BCUT2D eigenvalue weighted by atomic mass is 35.5. The van der Waals surface area contributed by atoms with Crippen molar-refractivity contribution in [1.82, 2.24) is 10.3 Å². The van der Waals surface area contributed by atoms with Crippen molar-refractivity contribution in [2.75, 3.05) is 12.5 Å². The first-order valence-electron chi connectivity index (χ1n) is 14.2. The molecule has 2 aromatic carbocycles. The second-order valence-corrected chi connectivity index (χ2v) is 12.4. The Bertz CT molecular complexity index is 1750. The van der Waals surface area contributed by atoms with E-state index in [9.17, 15) is 24.3 Å². The minimum absolute atomic E-state index is 0.140. The Morgan fingerprint density at radius 2 is 1.82 bits per heavy atom. The molecule has 7 rings (SSSR count). The molecule has 2 aliphatic carbocycles. The van der Waals surface area contributed by atoms with Gasteiger partial charge in [-0.2, -0.15) is 5.01 Å². The molecule has 0 radical (unpaired) electrons. The predicted octanol–water partition coefficient (Wildman–Crippen LogP) is 4.36. The Labute approximate surface area is 261 Å². The number of hydrogen-bond acceptors (Lipinski definition) is 8. The molecule has 1 aromatic heterocycles. The first kappa shape index (κ1) is 28.6. The van der Waals surface area contributed by atoms with Gasteiger partial charge in [-0.25, -0.2) is 0 Å². The highest BCUT2D eigenvalue weighted by Gasteiger charge is 2.70. The van der Waals surface area contributed by atoms with Crippen molar-refractivity contribution in [1.29, 1.82) is 0 Å². The largest absolute Gasteiger partial charge is 0.497 e. The van der Waals surface area contributed by atoms with Crippen LogP contribution in [0, 0.1) is 23.7 Å². The molecule has 44 heavy (non-hydrogen) atoms. The van der Waals surface area contributed by atoms with Gasteiger partial charge in [-0.1, -0.05) is 47.0 Å². The van der Waals surface area contributed by atoms with Gasteiger partial charge in [-0.15, -0.1) is 0 Å². The molecule has 3 N–H and O–H groups in total. The zero-order valence-electron chi connectivity index (χ0n) is 23.4. The molecule has 226 valence electrons. The molecule has 3 heterocycles. The zero-order chi connectivity index (χ0) is 30.9. The molecule has 3 fully saturated rings.